The third-order valence-electron chi connectivity index (χ3n) is 4.40. The van der Waals surface area contributed by atoms with E-state index >= 15 is 0 Å². The first kappa shape index (κ1) is 22.8. The second-order valence-corrected chi connectivity index (χ2v) is 8.38. The highest BCUT2D eigenvalue weighted by Gasteiger charge is 2.17. The number of aromatic nitrogens is 1. The van der Waals surface area contributed by atoms with Gasteiger partial charge in [0.15, 0.2) is 0 Å². The molecule has 1 heterocycles. The number of fused-ring (bicyclic) bond motifs is 1. The first-order chi connectivity index (χ1) is 13.5. The van der Waals surface area contributed by atoms with Gasteiger partial charge in [0.2, 0.25) is 10.0 Å². The third kappa shape index (κ3) is 6.24. The lowest BCUT2D eigenvalue weighted by Crippen LogP contribution is -2.40. The lowest BCUT2D eigenvalue weighted by Gasteiger charge is -2.15. The highest BCUT2D eigenvalue weighted by Crippen LogP contribution is 2.18. The van der Waals surface area contributed by atoms with Gasteiger partial charge in [0.05, 0.1) is 16.5 Å². The monoisotopic (exact) mass is 430 g/mol. The summed E-state index contributed by atoms with van der Waals surface area (Å²) in [5, 5.41) is 13.8. The van der Waals surface area contributed by atoms with E-state index < -0.39 is 10.0 Å². The van der Waals surface area contributed by atoms with Crippen molar-refractivity contribution in [2.45, 2.75) is 24.3 Å². The van der Waals surface area contributed by atoms with E-state index in [4.69, 9.17) is 5.26 Å². The molecule has 3 aromatic rings. The lowest BCUT2D eigenvalue weighted by molar-refractivity contribution is 0.537. The van der Waals surface area contributed by atoms with Crippen LogP contribution in [0.3, 0.4) is 0 Å². The molecular weight excluding hydrogens is 408 g/mol. The van der Waals surface area contributed by atoms with Crippen molar-refractivity contribution in [3.8, 4) is 6.07 Å². The molecule has 0 unspecified atom stereocenters. The van der Waals surface area contributed by atoms with Gasteiger partial charge in [-0.25, -0.2) is 13.1 Å². The van der Waals surface area contributed by atoms with Crippen LogP contribution in [0.2, 0.25) is 0 Å². The van der Waals surface area contributed by atoms with Crippen LogP contribution in [0.25, 0.3) is 10.8 Å². The molecule has 3 rings (SSSR count). The molecule has 29 heavy (non-hydrogen) atoms. The maximum absolute atomic E-state index is 12.6. The number of benzene rings is 2. The molecule has 1 atom stereocenters. The number of nitriles is 1. The maximum atomic E-state index is 12.6. The third-order valence-corrected chi connectivity index (χ3v) is 5.99. The Morgan fingerprint density at radius 3 is 2.59 bits per heavy atom. The Labute approximate surface area is 177 Å². The Morgan fingerprint density at radius 2 is 1.86 bits per heavy atom. The highest BCUT2D eigenvalue weighted by molar-refractivity contribution is 7.89. The lowest BCUT2D eigenvalue weighted by atomic mass is 10.1. The van der Waals surface area contributed by atoms with E-state index in [1.54, 1.807) is 48.8 Å². The minimum absolute atomic E-state index is 0. The molecule has 0 radical (unpaired) electrons. The van der Waals surface area contributed by atoms with E-state index in [-0.39, 0.29) is 23.3 Å². The van der Waals surface area contributed by atoms with Crippen molar-refractivity contribution < 1.29 is 8.42 Å². The van der Waals surface area contributed by atoms with Crippen LogP contribution in [-0.2, 0) is 16.4 Å². The molecule has 0 amide bonds. The second kappa shape index (κ2) is 10.3. The van der Waals surface area contributed by atoms with Gasteiger partial charge in [-0.1, -0.05) is 18.2 Å². The Balaban J connectivity index is 0.00000300. The molecular formula is C21H23ClN4O2S. The molecule has 0 saturated carbocycles. The van der Waals surface area contributed by atoms with Gasteiger partial charge in [0.1, 0.15) is 0 Å². The Morgan fingerprint density at radius 1 is 1.10 bits per heavy atom. The standard InChI is InChI=1S/C21H22N4O2S.ClH/c1-16(14-23-10-8-17-2-4-18(13-22)5-3-17)25-28(26,27)21-7-6-20-15-24-11-9-19(20)12-21;/h2-7,9,11-12,15-16,23,25H,8,10,14H2,1H3;1H/t16-;/m1./s1. The topological polar surface area (TPSA) is 94.9 Å². The molecule has 0 fully saturated rings. The number of hydrogen-bond donors (Lipinski definition) is 2. The molecule has 0 aliphatic carbocycles. The van der Waals surface area contributed by atoms with Crippen LogP contribution in [0.5, 0.6) is 0 Å². The molecule has 0 saturated heterocycles. The van der Waals surface area contributed by atoms with E-state index in [1.807, 2.05) is 19.1 Å². The van der Waals surface area contributed by atoms with Crippen LogP contribution in [0.15, 0.2) is 65.8 Å². The largest absolute Gasteiger partial charge is 0.315 e. The second-order valence-electron chi connectivity index (χ2n) is 6.67. The number of hydrogen-bond acceptors (Lipinski definition) is 5. The molecule has 0 spiro atoms. The molecule has 0 bridgehead atoms. The van der Waals surface area contributed by atoms with Crippen molar-refractivity contribution in [3.05, 3.63) is 72.1 Å². The summed E-state index contributed by atoms with van der Waals surface area (Å²) in [4.78, 5) is 4.28. The van der Waals surface area contributed by atoms with Crippen LogP contribution in [0, 0.1) is 11.3 Å². The fraction of sp³-hybridized carbons (Fsp3) is 0.238. The summed E-state index contributed by atoms with van der Waals surface area (Å²) in [5.41, 5.74) is 1.77. The van der Waals surface area contributed by atoms with Gasteiger partial charge in [0.25, 0.3) is 0 Å². The quantitative estimate of drug-likeness (QED) is 0.535. The number of rotatable bonds is 8. The van der Waals surface area contributed by atoms with Gasteiger partial charge in [0, 0.05) is 30.4 Å². The fourth-order valence-corrected chi connectivity index (χ4v) is 4.18. The zero-order valence-corrected chi connectivity index (χ0v) is 17.6. The van der Waals surface area contributed by atoms with Gasteiger partial charge >= 0.3 is 0 Å². The average Bonchev–Trinajstić information content (AvgIpc) is 2.71. The summed E-state index contributed by atoms with van der Waals surface area (Å²) in [6, 6.07) is 16.1. The van der Waals surface area contributed by atoms with Crippen molar-refractivity contribution in [1.29, 1.82) is 5.26 Å². The van der Waals surface area contributed by atoms with E-state index in [0.717, 1.165) is 29.3 Å². The molecule has 0 aliphatic heterocycles. The van der Waals surface area contributed by atoms with Gasteiger partial charge in [-0.05, 0) is 61.2 Å². The van der Waals surface area contributed by atoms with Crippen LogP contribution >= 0.6 is 12.4 Å². The van der Waals surface area contributed by atoms with Gasteiger partial charge in [-0.3, -0.25) is 4.98 Å². The zero-order valence-electron chi connectivity index (χ0n) is 16.0. The van der Waals surface area contributed by atoms with E-state index in [9.17, 15) is 8.42 Å². The smallest absolute Gasteiger partial charge is 0.240 e. The van der Waals surface area contributed by atoms with E-state index in [0.29, 0.717) is 12.1 Å². The molecule has 2 N–H and O–H groups in total. The Kier molecular flexibility index (Phi) is 8.11. The normalized spacial score (nSPS) is 12.1. The van der Waals surface area contributed by atoms with E-state index in [1.165, 1.54) is 0 Å². The Hall–Kier alpha value is -2.50. The van der Waals surface area contributed by atoms with Crippen molar-refractivity contribution in [2.75, 3.05) is 13.1 Å². The summed E-state index contributed by atoms with van der Waals surface area (Å²) in [7, 11) is -3.59. The predicted molar refractivity (Wildman–Crippen MR) is 117 cm³/mol. The minimum Gasteiger partial charge on any atom is -0.315 e. The summed E-state index contributed by atoms with van der Waals surface area (Å²) in [6.45, 7) is 3.07. The van der Waals surface area contributed by atoms with Crippen LogP contribution in [0.1, 0.15) is 18.1 Å². The van der Waals surface area contributed by atoms with Gasteiger partial charge < -0.3 is 5.32 Å². The SMILES string of the molecule is C[C@H](CNCCc1ccc(C#N)cc1)NS(=O)(=O)c1ccc2cnccc2c1.Cl. The molecule has 1 aromatic heterocycles. The minimum atomic E-state index is -3.59. The van der Waals surface area contributed by atoms with Crippen molar-refractivity contribution in [3.63, 3.8) is 0 Å². The molecule has 0 aliphatic rings. The molecule has 152 valence electrons. The number of nitrogens with zero attached hydrogens (tertiary/aromatic N) is 2. The molecule has 6 nitrogen and oxygen atoms in total. The first-order valence-electron chi connectivity index (χ1n) is 9.04. The van der Waals surface area contributed by atoms with Crippen LogP contribution in [-0.4, -0.2) is 32.5 Å². The average molecular weight is 431 g/mol. The van der Waals surface area contributed by atoms with Gasteiger partial charge in [-0.15, -0.1) is 12.4 Å². The number of sulfonamides is 1. The summed E-state index contributed by atoms with van der Waals surface area (Å²) >= 11 is 0. The fourth-order valence-electron chi connectivity index (χ4n) is 2.90. The maximum Gasteiger partial charge on any atom is 0.240 e. The van der Waals surface area contributed by atoms with Gasteiger partial charge in [-0.2, -0.15) is 5.26 Å². The van der Waals surface area contributed by atoms with E-state index in [2.05, 4.69) is 21.1 Å². The number of nitrogens with one attached hydrogen (secondary N) is 2. The first-order valence-corrected chi connectivity index (χ1v) is 10.5. The van der Waals surface area contributed by atoms with Crippen molar-refractivity contribution in [1.82, 2.24) is 15.0 Å². The summed E-state index contributed by atoms with van der Waals surface area (Å²) in [6.07, 6.45) is 4.16. The highest BCUT2D eigenvalue weighted by atomic mass is 35.5. The molecule has 8 heteroatoms. The van der Waals surface area contributed by atoms with Crippen LogP contribution in [0.4, 0.5) is 0 Å². The summed E-state index contributed by atoms with van der Waals surface area (Å²) in [5.74, 6) is 0. The zero-order chi connectivity index (χ0) is 20.0. The molecule has 2 aromatic carbocycles. The predicted octanol–water partition coefficient (Wildman–Crippen LogP) is 3.03. The van der Waals surface area contributed by atoms with Crippen LogP contribution < -0.4 is 10.0 Å². The Bertz CT molecular complexity index is 1100. The van der Waals surface area contributed by atoms with Crippen molar-refractivity contribution >= 4 is 33.2 Å². The van der Waals surface area contributed by atoms with Crippen molar-refractivity contribution in [2.24, 2.45) is 0 Å². The summed E-state index contributed by atoms with van der Waals surface area (Å²) < 4.78 is 27.9. The number of pyridine rings is 1. The number of halogens is 1.